The molecule has 0 aromatic heterocycles. The average molecular weight is 322 g/mol. The second-order valence-corrected chi connectivity index (χ2v) is 7.98. The van der Waals surface area contributed by atoms with Crippen molar-refractivity contribution in [2.24, 2.45) is 0 Å². The fourth-order valence-electron chi connectivity index (χ4n) is 1.99. The number of nitrogen functional groups attached to an aromatic ring is 1. The summed E-state index contributed by atoms with van der Waals surface area (Å²) in [4.78, 5) is 0.703. The number of anilines is 1. The third-order valence-corrected chi connectivity index (χ3v) is 5.06. The fourth-order valence-corrected chi connectivity index (χ4v) is 3.36. The molecule has 0 radical (unpaired) electrons. The summed E-state index contributed by atoms with van der Waals surface area (Å²) in [5, 5.41) is 0.448. The molecule has 4 heteroatoms. The minimum atomic E-state index is -1.12. The summed E-state index contributed by atoms with van der Waals surface area (Å²) in [7, 11) is -1.12. The summed E-state index contributed by atoms with van der Waals surface area (Å²) in [6.45, 7) is 6.53. The smallest absolute Gasteiger partial charge is 0.0647 e. The lowest BCUT2D eigenvalue weighted by Gasteiger charge is -2.19. The highest BCUT2D eigenvalue weighted by molar-refractivity contribution is 7.84. The zero-order valence-corrected chi connectivity index (χ0v) is 14.1. The molecule has 0 saturated heterocycles. The average Bonchev–Trinajstić information content (AvgIpc) is 2.41. The Bertz CT molecular complexity index is 659. The Morgan fingerprint density at radius 2 is 1.71 bits per heavy atom. The second kappa shape index (κ2) is 6.20. The number of halogens is 1. The first kappa shape index (κ1) is 16.1. The van der Waals surface area contributed by atoms with Crippen LogP contribution in [-0.4, -0.2) is 4.21 Å². The van der Waals surface area contributed by atoms with Gasteiger partial charge in [0.2, 0.25) is 0 Å². The Kier molecular flexibility index (Phi) is 4.74. The summed E-state index contributed by atoms with van der Waals surface area (Å²) < 4.78 is 12.4. The molecule has 0 spiro atoms. The Labute approximate surface area is 133 Å². The minimum absolute atomic E-state index is 0.127. The van der Waals surface area contributed by atoms with Crippen molar-refractivity contribution in [3.8, 4) is 0 Å². The molecule has 112 valence electrons. The van der Waals surface area contributed by atoms with Gasteiger partial charge in [0.05, 0.1) is 27.3 Å². The molecule has 0 amide bonds. The van der Waals surface area contributed by atoms with Crippen molar-refractivity contribution in [3.63, 3.8) is 0 Å². The number of hydrogen-bond donors (Lipinski definition) is 1. The van der Waals surface area contributed by atoms with Crippen molar-refractivity contribution < 1.29 is 4.21 Å². The van der Waals surface area contributed by atoms with Crippen molar-refractivity contribution in [1.29, 1.82) is 0 Å². The van der Waals surface area contributed by atoms with E-state index in [9.17, 15) is 4.21 Å². The van der Waals surface area contributed by atoms with Crippen LogP contribution in [0.3, 0.4) is 0 Å². The molecule has 2 aromatic rings. The van der Waals surface area contributed by atoms with Crippen LogP contribution in [0.4, 0.5) is 5.69 Å². The van der Waals surface area contributed by atoms with Crippen LogP contribution in [-0.2, 0) is 22.0 Å². The molecule has 0 aliphatic rings. The molecule has 1 unspecified atom stereocenters. The largest absolute Gasteiger partial charge is 0.398 e. The van der Waals surface area contributed by atoms with Gasteiger partial charge in [-0.05, 0) is 34.7 Å². The number of rotatable bonds is 3. The van der Waals surface area contributed by atoms with Crippen LogP contribution in [0.25, 0.3) is 0 Å². The third-order valence-electron chi connectivity index (χ3n) is 3.35. The first-order valence-electron chi connectivity index (χ1n) is 6.80. The van der Waals surface area contributed by atoms with Crippen LogP contribution in [0.5, 0.6) is 0 Å². The van der Waals surface area contributed by atoms with Gasteiger partial charge in [0, 0.05) is 4.90 Å². The van der Waals surface area contributed by atoms with Crippen LogP contribution in [0.1, 0.15) is 31.9 Å². The molecular weight excluding hydrogens is 302 g/mol. The Morgan fingerprint density at radius 3 is 2.24 bits per heavy atom. The van der Waals surface area contributed by atoms with Crippen LogP contribution in [0, 0.1) is 0 Å². The fraction of sp³-hybridized carbons (Fsp3) is 0.294. The third kappa shape index (κ3) is 4.08. The zero-order valence-electron chi connectivity index (χ0n) is 12.5. The van der Waals surface area contributed by atoms with E-state index in [4.69, 9.17) is 17.3 Å². The highest BCUT2D eigenvalue weighted by atomic mass is 35.5. The summed E-state index contributed by atoms with van der Waals surface area (Å²) in [6.07, 6.45) is 0. The molecule has 2 aromatic carbocycles. The molecule has 2 N–H and O–H groups in total. The molecule has 2 rings (SSSR count). The molecule has 1 atom stereocenters. The molecule has 0 aliphatic carbocycles. The molecule has 0 fully saturated rings. The molecule has 21 heavy (non-hydrogen) atoms. The summed E-state index contributed by atoms with van der Waals surface area (Å²) in [5.41, 5.74) is 8.62. The Hall–Kier alpha value is -1.32. The van der Waals surface area contributed by atoms with Gasteiger partial charge in [-0.15, -0.1) is 0 Å². The normalized spacial score (nSPS) is 13.1. The minimum Gasteiger partial charge on any atom is -0.398 e. The van der Waals surface area contributed by atoms with Gasteiger partial charge in [0.15, 0.2) is 0 Å². The molecule has 0 bridgehead atoms. The van der Waals surface area contributed by atoms with Gasteiger partial charge >= 0.3 is 0 Å². The van der Waals surface area contributed by atoms with Gasteiger partial charge in [-0.3, -0.25) is 4.21 Å². The van der Waals surface area contributed by atoms with Gasteiger partial charge in [-0.25, -0.2) is 0 Å². The quantitative estimate of drug-likeness (QED) is 0.844. The highest BCUT2D eigenvalue weighted by Gasteiger charge is 2.13. The van der Waals surface area contributed by atoms with E-state index in [1.807, 2.05) is 12.1 Å². The van der Waals surface area contributed by atoms with Gasteiger partial charge < -0.3 is 5.73 Å². The van der Waals surface area contributed by atoms with Crippen LogP contribution in [0.2, 0.25) is 5.02 Å². The van der Waals surface area contributed by atoms with Gasteiger partial charge in [-0.2, -0.15) is 0 Å². The first-order valence-corrected chi connectivity index (χ1v) is 8.50. The van der Waals surface area contributed by atoms with Crippen molar-refractivity contribution in [3.05, 3.63) is 58.6 Å². The topological polar surface area (TPSA) is 43.1 Å². The summed E-state index contributed by atoms with van der Waals surface area (Å²) in [6, 6.07) is 13.4. The Balaban J connectivity index is 2.14. The summed E-state index contributed by atoms with van der Waals surface area (Å²) in [5.74, 6) is 0.477. The van der Waals surface area contributed by atoms with Crippen LogP contribution in [0.15, 0.2) is 47.4 Å². The van der Waals surface area contributed by atoms with E-state index < -0.39 is 10.8 Å². The van der Waals surface area contributed by atoms with E-state index in [1.54, 1.807) is 18.2 Å². The van der Waals surface area contributed by atoms with Gasteiger partial charge in [0.25, 0.3) is 0 Å². The molecule has 0 saturated carbocycles. The van der Waals surface area contributed by atoms with E-state index >= 15 is 0 Å². The van der Waals surface area contributed by atoms with Crippen molar-refractivity contribution in [2.45, 2.75) is 36.8 Å². The van der Waals surface area contributed by atoms with E-state index in [-0.39, 0.29) is 5.41 Å². The van der Waals surface area contributed by atoms with Crippen molar-refractivity contribution in [1.82, 2.24) is 0 Å². The van der Waals surface area contributed by atoms with Crippen molar-refractivity contribution >= 4 is 28.1 Å². The maximum absolute atomic E-state index is 12.4. The van der Waals surface area contributed by atoms with E-state index in [2.05, 4.69) is 32.9 Å². The zero-order chi connectivity index (χ0) is 15.6. The van der Waals surface area contributed by atoms with Crippen LogP contribution >= 0.6 is 11.6 Å². The number of nitrogens with two attached hydrogens (primary N) is 1. The maximum Gasteiger partial charge on any atom is 0.0647 e. The SMILES string of the molecule is CC(C)(C)c1ccc(CS(=O)c2ccc(N)c(Cl)c2)cc1. The molecule has 0 aliphatic heterocycles. The molecule has 0 heterocycles. The predicted molar refractivity (Wildman–Crippen MR) is 91.1 cm³/mol. The van der Waals surface area contributed by atoms with E-state index in [0.29, 0.717) is 21.4 Å². The lowest BCUT2D eigenvalue weighted by molar-refractivity contribution is 0.590. The predicted octanol–water partition coefficient (Wildman–Crippen LogP) is 4.53. The summed E-state index contributed by atoms with van der Waals surface area (Å²) >= 11 is 5.97. The van der Waals surface area contributed by atoms with Gasteiger partial charge in [0.1, 0.15) is 0 Å². The van der Waals surface area contributed by atoms with Gasteiger partial charge in [-0.1, -0.05) is 56.6 Å². The lowest BCUT2D eigenvalue weighted by atomic mass is 9.87. The first-order chi connectivity index (χ1) is 9.77. The number of hydrogen-bond acceptors (Lipinski definition) is 2. The monoisotopic (exact) mass is 321 g/mol. The lowest BCUT2D eigenvalue weighted by Crippen LogP contribution is -2.10. The second-order valence-electron chi connectivity index (χ2n) is 6.12. The maximum atomic E-state index is 12.4. The highest BCUT2D eigenvalue weighted by Crippen LogP contribution is 2.25. The van der Waals surface area contributed by atoms with E-state index in [1.165, 1.54) is 5.56 Å². The molecular formula is C17H20ClNOS. The molecule has 2 nitrogen and oxygen atoms in total. The number of benzene rings is 2. The standard InChI is InChI=1S/C17H20ClNOS/c1-17(2,3)13-6-4-12(5-7-13)11-21(20)14-8-9-16(19)15(18)10-14/h4-10H,11,19H2,1-3H3. The Morgan fingerprint density at radius 1 is 1.10 bits per heavy atom. The van der Waals surface area contributed by atoms with E-state index in [0.717, 1.165) is 5.56 Å². The van der Waals surface area contributed by atoms with Crippen molar-refractivity contribution in [2.75, 3.05) is 5.73 Å². The van der Waals surface area contributed by atoms with Crippen LogP contribution < -0.4 is 5.73 Å².